The molecule has 1 atom stereocenters. The molecule has 3 aromatic rings. The Bertz CT molecular complexity index is 1210. The van der Waals surface area contributed by atoms with Gasteiger partial charge in [-0.3, -0.25) is 14.2 Å². The van der Waals surface area contributed by atoms with Gasteiger partial charge in [0.2, 0.25) is 5.91 Å². The zero-order chi connectivity index (χ0) is 23.5. The fourth-order valence-electron chi connectivity index (χ4n) is 5.37. The second kappa shape index (κ2) is 10.00. The molecule has 1 aliphatic carbocycles. The van der Waals surface area contributed by atoms with Crippen LogP contribution in [0.5, 0.6) is 0 Å². The van der Waals surface area contributed by atoms with Crippen molar-refractivity contribution in [1.82, 2.24) is 14.9 Å². The molecular weight excluding hydrogens is 424 g/mol. The van der Waals surface area contributed by atoms with Crippen LogP contribution < -0.4 is 15.8 Å². The smallest absolute Gasteiger partial charge is 0.294 e. The molecule has 1 amide bonds. The average molecular weight is 459 g/mol. The minimum atomic E-state index is -0.103. The minimum Gasteiger partial charge on any atom is -0.353 e. The number of carbonyl (C=O) groups excluding carboxylic acids is 1. The number of nitrogens with zero attached hydrogens (tertiary/aromatic N) is 3. The summed E-state index contributed by atoms with van der Waals surface area (Å²) in [5, 5.41) is 3.28. The predicted molar refractivity (Wildman–Crippen MR) is 136 cm³/mol. The summed E-state index contributed by atoms with van der Waals surface area (Å²) in [7, 11) is 0. The van der Waals surface area contributed by atoms with E-state index in [0.29, 0.717) is 24.9 Å². The monoisotopic (exact) mass is 458 g/mol. The molecule has 6 heteroatoms. The number of para-hydroxylation sites is 2. The highest BCUT2D eigenvalue weighted by molar-refractivity contribution is 5.80. The number of aromatic nitrogens is 2. The van der Waals surface area contributed by atoms with Crippen LogP contribution in [-0.4, -0.2) is 34.6 Å². The molecule has 1 aromatic heterocycles. The number of nitrogens with one attached hydrogen (secondary N) is 1. The zero-order valence-corrected chi connectivity index (χ0v) is 20.0. The van der Waals surface area contributed by atoms with Crippen LogP contribution in [0, 0.1) is 12.8 Å². The summed E-state index contributed by atoms with van der Waals surface area (Å²) in [6.07, 6.45) is 7.57. The van der Waals surface area contributed by atoms with E-state index in [-0.39, 0.29) is 17.4 Å². The van der Waals surface area contributed by atoms with E-state index in [0.717, 1.165) is 48.8 Å². The Balaban J connectivity index is 1.42. The molecule has 0 radical (unpaired) electrons. The summed E-state index contributed by atoms with van der Waals surface area (Å²) in [4.78, 5) is 33.6. The highest BCUT2D eigenvalue weighted by atomic mass is 16.2. The van der Waals surface area contributed by atoms with Crippen molar-refractivity contribution < 1.29 is 4.79 Å². The number of benzene rings is 2. The summed E-state index contributed by atoms with van der Waals surface area (Å²) in [5.41, 5.74) is 3.83. The number of carbonyl (C=O) groups is 1. The van der Waals surface area contributed by atoms with Gasteiger partial charge in [-0.1, -0.05) is 61.2 Å². The third-order valence-corrected chi connectivity index (χ3v) is 7.34. The van der Waals surface area contributed by atoms with Crippen molar-refractivity contribution in [3.05, 3.63) is 70.0 Å². The first-order valence-electron chi connectivity index (χ1n) is 12.7. The number of hydrogen-bond donors (Lipinski definition) is 1. The number of piperidine rings is 1. The van der Waals surface area contributed by atoms with Gasteiger partial charge in [0.05, 0.1) is 23.5 Å². The van der Waals surface area contributed by atoms with Crippen LogP contribution in [0.15, 0.2) is 53.3 Å². The first kappa shape index (κ1) is 22.6. The van der Waals surface area contributed by atoms with Crippen LogP contribution in [-0.2, 0) is 11.3 Å². The molecule has 2 aromatic carbocycles. The normalized spacial score (nSPS) is 19.3. The summed E-state index contributed by atoms with van der Waals surface area (Å²) < 4.78 is 1.83. The molecule has 6 nitrogen and oxygen atoms in total. The van der Waals surface area contributed by atoms with Gasteiger partial charge in [-0.05, 0) is 50.3 Å². The molecule has 2 heterocycles. The molecule has 1 saturated carbocycles. The van der Waals surface area contributed by atoms with Crippen molar-refractivity contribution in [3.8, 4) is 0 Å². The number of rotatable bonds is 5. The predicted octanol–water partition coefficient (Wildman–Crippen LogP) is 4.42. The van der Waals surface area contributed by atoms with Gasteiger partial charge in [0, 0.05) is 19.1 Å². The Labute approximate surface area is 201 Å². The topological polar surface area (TPSA) is 67.2 Å². The molecule has 2 aliphatic rings. The number of anilines is 1. The largest absolute Gasteiger partial charge is 0.353 e. The molecular formula is C28H34N4O2. The van der Waals surface area contributed by atoms with E-state index in [1.54, 1.807) is 0 Å². The standard InChI is InChI=1S/C28H34N4O2/c1-20-13-15-21(16-14-20)18-32-25-12-6-5-11-24(25)30-26(28(32)34)31-17-7-8-22(19-31)27(33)29-23-9-3-2-4-10-23/h5-6,11-16,22-23H,2-4,7-10,17-19H2,1H3,(H,29,33). The van der Waals surface area contributed by atoms with Gasteiger partial charge >= 0.3 is 0 Å². The van der Waals surface area contributed by atoms with Gasteiger partial charge in [0.25, 0.3) is 5.56 Å². The summed E-state index contributed by atoms with van der Waals surface area (Å²) in [6.45, 7) is 3.85. The van der Waals surface area contributed by atoms with Crippen LogP contribution in [0.1, 0.15) is 56.1 Å². The Morgan fingerprint density at radius 3 is 2.56 bits per heavy atom. The van der Waals surface area contributed by atoms with E-state index in [1.807, 2.05) is 33.7 Å². The maximum atomic E-state index is 13.7. The maximum Gasteiger partial charge on any atom is 0.294 e. The van der Waals surface area contributed by atoms with Gasteiger partial charge in [-0.25, -0.2) is 4.98 Å². The number of amides is 1. The van der Waals surface area contributed by atoms with Crippen LogP contribution >= 0.6 is 0 Å². The lowest BCUT2D eigenvalue weighted by Gasteiger charge is -2.34. The Kier molecular flexibility index (Phi) is 6.66. The SMILES string of the molecule is Cc1ccc(Cn2c(=O)c(N3CCCC(C(=O)NC4CCCCC4)C3)nc3ccccc32)cc1. The molecule has 178 valence electrons. The minimum absolute atomic E-state index is 0.0902. The number of hydrogen-bond acceptors (Lipinski definition) is 4. The van der Waals surface area contributed by atoms with Gasteiger partial charge in [0.15, 0.2) is 5.82 Å². The average Bonchev–Trinajstić information content (AvgIpc) is 2.87. The van der Waals surface area contributed by atoms with Gasteiger partial charge in [-0.15, -0.1) is 0 Å². The first-order valence-corrected chi connectivity index (χ1v) is 12.7. The van der Waals surface area contributed by atoms with Crippen molar-refractivity contribution in [2.24, 2.45) is 5.92 Å². The second-order valence-corrected chi connectivity index (χ2v) is 9.93. The van der Waals surface area contributed by atoms with Crippen molar-refractivity contribution in [2.45, 2.75) is 64.5 Å². The van der Waals surface area contributed by atoms with Crippen molar-refractivity contribution in [2.75, 3.05) is 18.0 Å². The van der Waals surface area contributed by atoms with Gasteiger partial charge < -0.3 is 10.2 Å². The summed E-state index contributed by atoms with van der Waals surface area (Å²) in [6, 6.07) is 16.4. The maximum absolute atomic E-state index is 13.7. The van der Waals surface area contributed by atoms with E-state index < -0.39 is 0 Å². The summed E-state index contributed by atoms with van der Waals surface area (Å²) >= 11 is 0. The van der Waals surface area contributed by atoms with E-state index in [1.165, 1.54) is 24.8 Å². The van der Waals surface area contributed by atoms with Gasteiger partial charge in [-0.2, -0.15) is 0 Å². The van der Waals surface area contributed by atoms with Gasteiger partial charge in [0.1, 0.15) is 0 Å². The number of fused-ring (bicyclic) bond motifs is 1. The molecule has 1 aliphatic heterocycles. The molecule has 0 bridgehead atoms. The molecule has 2 fully saturated rings. The molecule has 34 heavy (non-hydrogen) atoms. The quantitative estimate of drug-likeness (QED) is 0.615. The van der Waals surface area contributed by atoms with Crippen LogP contribution in [0.25, 0.3) is 11.0 Å². The molecule has 5 rings (SSSR count). The highest BCUT2D eigenvalue weighted by Gasteiger charge is 2.30. The fourth-order valence-corrected chi connectivity index (χ4v) is 5.37. The van der Waals surface area contributed by atoms with E-state index in [4.69, 9.17) is 4.98 Å². The van der Waals surface area contributed by atoms with E-state index in [9.17, 15) is 9.59 Å². The third kappa shape index (κ3) is 4.86. The van der Waals surface area contributed by atoms with Crippen molar-refractivity contribution in [1.29, 1.82) is 0 Å². The second-order valence-electron chi connectivity index (χ2n) is 9.93. The Morgan fingerprint density at radius 2 is 1.76 bits per heavy atom. The molecule has 1 saturated heterocycles. The van der Waals surface area contributed by atoms with Crippen LogP contribution in [0.4, 0.5) is 5.82 Å². The fraction of sp³-hybridized carbons (Fsp3) is 0.464. The zero-order valence-electron chi connectivity index (χ0n) is 20.0. The number of aryl methyl sites for hydroxylation is 1. The first-order chi connectivity index (χ1) is 16.6. The third-order valence-electron chi connectivity index (χ3n) is 7.34. The highest BCUT2D eigenvalue weighted by Crippen LogP contribution is 2.24. The lowest BCUT2D eigenvalue weighted by Crippen LogP contribution is -2.48. The van der Waals surface area contributed by atoms with Crippen molar-refractivity contribution >= 4 is 22.8 Å². The van der Waals surface area contributed by atoms with Crippen molar-refractivity contribution in [3.63, 3.8) is 0 Å². The molecule has 1 unspecified atom stereocenters. The molecule has 0 spiro atoms. The summed E-state index contributed by atoms with van der Waals surface area (Å²) in [5.74, 6) is 0.493. The lowest BCUT2D eigenvalue weighted by atomic mass is 9.93. The van der Waals surface area contributed by atoms with Crippen LogP contribution in [0.2, 0.25) is 0 Å². The van der Waals surface area contributed by atoms with E-state index in [2.05, 4.69) is 36.5 Å². The van der Waals surface area contributed by atoms with Crippen LogP contribution in [0.3, 0.4) is 0 Å². The lowest BCUT2D eigenvalue weighted by molar-refractivity contribution is -0.126. The Hall–Kier alpha value is -3.15. The molecule has 1 N–H and O–H groups in total. The van der Waals surface area contributed by atoms with E-state index >= 15 is 0 Å². The Morgan fingerprint density at radius 1 is 1.00 bits per heavy atom.